The van der Waals surface area contributed by atoms with Crippen LogP contribution < -0.4 is 14.5 Å². The Hall–Kier alpha value is -5.25. The number of nitrogens with zero attached hydrogens (tertiary/aromatic N) is 3. The van der Waals surface area contributed by atoms with Crippen LogP contribution >= 0.6 is 0 Å². The molecule has 0 unspecified atom stereocenters. The van der Waals surface area contributed by atoms with E-state index < -0.39 is 17.4 Å². The summed E-state index contributed by atoms with van der Waals surface area (Å²) in [5.41, 5.74) is 1.88. The number of carbonyl (C=O) groups is 3. The molecule has 9 heteroatoms. The van der Waals surface area contributed by atoms with Crippen LogP contribution in [0, 0.1) is 5.92 Å². The van der Waals surface area contributed by atoms with Gasteiger partial charge in [-0.25, -0.2) is 0 Å². The Balaban J connectivity index is 1.31. The van der Waals surface area contributed by atoms with E-state index in [-0.39, 0.29) is 44.5 Å². The van der Waals surface area contributed by atoms with E-state index in [4.69, 9.17) is 4.74 Å². The van der Waals surface area contributed by atoms with Crippen LogP contribution in [0.4, 0.5) is 17.1 Å². The highest BCUT2D eigenvalue weighted by molar-refractivity contribution is 6.09. The summed E-state index contributed by atoms with van der Waals surface area (Å²) in [5, 5.41) is 21.9. The van der Waals surface area contributed by atoms with Crippen molar-refractivity contribution in [1.82, 2.24) is 4.90 Å². The minimum absolute atomic E-state index is 0.0289. The molecular weight excluding hydrogens is 594 g/mol. The number of aliphatic hydroxyl groups is 2. The van der Waals surface area contributed by atoms with Gasteiger partial charge in [0, 0.05) is 36.7 Å². The second-order valence-corrected chi connectivity index (χ2v) is 11.8. The zero-order chi connectivity index (χ0) is 33.0. The topological polar surface area (TPSA) is 111 Å². The van der Waals surface area contributed by atoms with E-state index in [2.05, 4.69) is 0 Å². The van der Waals surface area contributed by atoms with Crippen LogP contribution in [0.15, 0.2) is 115 Å². The summed E-state index contributed by atoms with van der Waals surface area (Å²) in [6.45, 7) is 2.24. The quantitative estimate of drug-likeness (QED) is 0.224. The molecule has 4 aromatic carbocycles. The molecule has 47 heavy (non-hydrogen) atoms. The zero-order valence-electron chi connectivity index (χ0n) is 26.2. The SMILES string of the molecule is C[C@H](/C=C/CC(=O)N(CCO)Cc1ccccc1)[C@@]1(O)C(=O)N(Cc2ccccc2)c2ccc(N3C(=O)COc4ccccc43)cc21. The molecule has 2 aliphatic heterocycles. The summed E-state index contributed by atoms with van der Waals surface area (Å²) in [4.78, 5) is 45.2. The predicted molar refractivity (Wildman–Crippen MR) is 179 cm³/mol. The number of ether oxygens (including phenoxy) is 1. The molecule has 0 spiro atoms. The second-order valence-electron chi connectivity index (χ2n) is 11.8. The van der Waals surface area contributed by atoms with Crippen LogP contribution in [-0.4, -0.2) is 52.6 Å². The molecule has 2 heterocycles. The van der Waals surface area contributed by atoms with Crippen molar-refractivity contribution in [3.05, 3.63) is 132 Å². The number of benzene rings is 4. The van der Waals surface area contributed by atoms with Crippen molar-refractivity contribution in [2.24, 2.45) is 5.92 Å². The van der Waals surface area contributed by atoms with Crippen molar-refractivity contribution in [3.8, 4) is 5.75 Å². The van der Waals surface area contributed by atoms with Crippen LogP contribution in [0.2, 0.25) is 0 Å². The number of amides is 3. The third kappa shape index (κ3) is 6.27. The summed E-state index contributed by atoms with van der Waals surface area (Å²) in [6, 6.07) is 31.6. The Bertz CT molecular complexity index is 1790. The third-order valence-electron chi connectivity index (χ3n) is 8.72. The molecule has 3 amide bonds. The van der Waals surface area contributed by atoms with Crippen molar-refractivity contribution in [1.29, 1.82) is 0 Å². The number of rotatable bonds is 11. The Labute approximate surface area is 273 Å². The minimum Gasteiger partial charge on any atom is -0.482 e. The fourth-order valence-corrected chi connectivity index (χ4v) is 6.24. The predicted octanol–water partition coefficient (Wildman–Crippen LogP) is 5.08. The number of carbonyl (C=O) groups excluding carboxylic acids is 3. The van der Waals surface area contributed by atoms with Gasteiger partial charge in [0.25, 0.3) is 11.8 Å². The van der Waals surface area contributed by atoms with E-state index in [0.717, 1.165) is 11.1 Å². The lowest BCUT2D eigenvalue weighted by Gasteiger charge is -2.31. The minimum atomic E-state index is -1.97. The average Bonchev–Trinajstić information content (AvgIpc) is 3.30. The molecule has 240 valence electrons. The first-order valence-electron chi connectivity index (χ1n) is 15.7. The highest BCUT2D eigenvalue weighted by Crippen LogP contribution is 2.48. The highest BCUT2D eigenvalue weighted by Gasteiger charge is 2.53. The van der Waals surface area contributed by atoms with Crippen molar-refractivity contribution in [2.75, 3.05) is 29.6 Å². The standard InChI is InChI=1S/C38H37N3O6/c1-27(11-10-18-35(43)39(21-22-42)24-28-12-4-2-5-13-28)38(46)31-23-30(41-33-16-8-9-17-34(33)47-26-36(41)44)19-20-32(31)40(37(38)45)25-29-14-6-3-7-15-29/h2-17,19-20,23,27,42,46H,18,21-22,24-26H2,1H3/b11-10+/t27-,38+/m1/s1. The maximum absolute atomic E-state index is 14.2. The Morgan fingerprint density at radius 3 is 2.34 bits per heavy atom. The van der Waals surface area contributed by atoms with E-state index >= 15 is 0 Å². The van der Waals surface area contributed by atoms with Gasteiger partial charge in [0.05, 0.1) is 24.5 Å². The van der Waals surface area contributed by atoms with Gasteiger partial charge in [-0.15, -0.1) is 0 Å². The third-order valence-corrected chi connectivity index (χ3v) is 8.72. The first-order valence-corrected chi connectivity index (χ1v) is 15.7. The van der Waals surface area contributed by atoms with Gasteiger partial charge in [-0.2, -0.15) is 0 Å². The molecule has 6 rings (SSSR count). The van der Waals surface area contributed by atoms with E-state index in [0.29, 0.717) is 34.9 Å². The van der Waals surface area contributed by atoms with Crippen molar-refractivity contribution in [2.45, 2.75) is 32.0 Å². The van der Waals surface area contributed by atoms with Gasteiger partial charge in [0.2, 0.25) is 5.91 Å². The summed E-state index contributed by atoms with van der Waals surface area (Å²) < 4.78 is 5.63. The maximum Gasteiger partial charge on any atom is 0.269 e. The smallest absolute Gasteiger partial charge is 0.269 e. The molecule has 0 bridgehead atoms. The zero-order valence-corrected chi connectivity index (χ0v) is 26.2. The van der Waals surface area contributed by atoms with Gasteiger partial charge in [0.1, 0.15) is 5.75 Å². The molecule has 2 N–H and O–H groups in total. The van der Waals surface area contributed by atoms with Crippen molar-refractivity contribution >= 4 is 34.8 Å². The van der Waals surface area contributed by atoms with Gasteiger partial charge in [-0.1, -0.05) is 91.9 Å². The average molecular weight is 632 g/mol. The van der Waals surface area contributed by atoms with Crippen LogP contribution in [0.25, 0.3) is 0 Å². The van der Waals surface area contributed by atoms with Gasteiger partial charge < -0.3 is 24.7 Å². The van der Waals surface area contributed by atoms with Crippen LogP contribution in [0.3, 0.4) is 0 Å². The van der Waals surface area contributed by atoms with Crippen LogP contribution in [0.1, 0.15) is 30.0 Å². The monoisotopic (exact) mass is 631 g/mol. The Morgan fingerprint density at radius 1 is 0.936 bits per heavy atom. The molecule has 2 atom stereocenters. The first-order chi connectivity index (χ1) is 22.8. The maximum atomic E-state index is 14.2. The number of hydrogen-bond donors (Lipinski definition) is 2. The summed E-state index contributed by atoms with van der Waals surface area (Å²) in [6.07, 6.45) is 3.38. The molecule has 0 saturated heterocycles. The summed E-state index contributed by atoms with van der Waals surface area (Å²) >= 11 is 0. The van der Waals surface area contributed by atoms with Gasteiger partial charge in [0.15, 0.2) is 12.2 Å². The number of aliphatic hydroxyl groups excluding tert-OH is 1. The largest absolute Gasteiger partial charge is 0.482 e. The number of anilines is 3. The number of hydrogen-bond acceptors (Lipinski definition) is 6. The molecule has 0 aromatic heterocycles. The highest BCUT2D eigenvalue weighted by atomic mass is 16.5. The molecule has 0 saturated carbocycles. The van der Waals surface area contributed by atoms with E-state index in [1.807, 2.05) is 72.8 Å². The molecule has 4 aromatic rings. The summed E-state index contributed by atoms with van der Waals surface area (Å²) in [7, 11) is 0. The Kier molecular flexibility index (Phi) is 9.19. The van der Waals surface area contributed by atoms with Gasteiger partial charge in [-0.05, 0) is 41.5 Å². The molecule has 0 aliphatic carbocycles. The van der Waals surface area contributed by atoms with E-state index in [9.17, 15) is 24.6 Å². The Morgan fingerprint density at radius 2 is 1.62 bits per heavy atom. The first kappa shape index (κ1) is 31.7. The lowest BCUT2D eigenvalue weighted by molar-refractivity contribution is -0.139. The lowest BCUT2D eigenvalue weighted by Crippen LogP contribution is -2.44. The molecule has 0 radical (unpaired) electrons. The molecular formula is C38H37N3O6. The number of para-hydroxylation sites is 2. The fourth-order valence-electron chi connectivity index (χ4n) is 6.24. The fraction of sp³-hybridized carbons (Fsp3) is 0.237. The van der Waals surface area contributed by atoms with Gasteiger partial charge in [-0.3, -0.25) is 19.3 Å². The van der Waals surface area contributed by atoms with Crippen molar-refractivity contribution < 1.29 is 29.3 Å². The van der Waals surface area contributed by atoms with Crippen molar-refractivity contribution in [3.63, 3.8) is 0 Å². The lowest BCUT2D eigenvalue weighted by atomic mass is 9.82. The van der Waals surface area contributed by atoms with Crippen LogP contribution in [0.5, 0.6) is 5.75 Å². The molecule has 2 aliphatic rings. The van der Waals surface area contributed by atoms with E-state index in [1.54, 1.807) is 64.1 Å². The molecule has 9 nitrogen and oxygen atoms in total. The van der Waals surface area contributed by atoms with Crippen LogP contribution in [-0.2, 0) is 33.1 Å². The number of fused-ring (bicyclic) bond motifs is 2. The van der Waals surface area contributed by atoms with E-state index in [1.165, 1.54) is 0 Å². The molecule has 0 fully saturated rings. The summed E-state index contributed by atoms with van der Waals surface area (Å²) in [5.74, 6) is -1.11. The normalized spacial score (nSPS) is 17.8. The second kappa shape index (κ2) is 13.6. The van der Waals surface area contributed by atoms with Gasteiger partial charge >= 0.3 is 0 Å².